The lowest BCUT2D eigenvalue weighted by molar-refractivity contribution is -0.125. The first-order valence-corrected chi connectivity index (χ1v) is 7.53. The topological polar surface area (TPSA) is 44.7 Å². The quantitative estimate of drug-likeness (QED) is 0.859. The normalized spacial score (nSPS) is 22.5. The summed E-state index contributed by atoms with van der Waals surface area (Å²) in [6.45, 7) is 0.832. The van der Waals surface area contributed by atoms with Gasteiger partial charge in [0.2, 0.25) is 0 Å². The molecule has 1 aromatic rings. The van der Waals surface area contributed by atoms with Gasteiger partial charge >= 0.3 is 0 Å². The highest BCUT2D eigenvalue weighted by Crippen LogP contribution is 2.25. The van der Waals surface area contributed by atoms with Crippen LogP contribution in [0.5, 0.6) is 0 Å². The molecule has 1 aliphatic carbocycles. The number of rotatable bonds is 3. The van der Waals surface area contributed by atoms with Crippen LogP contribution in [0, 0.1) is 0 Å². The zero-order valence-corrected chi connectivity index (χ0v) is 11.7. The molecule has 2 fully saturated rings. The van der Waals surface area contributed by atoms with E-state index in [1.54, 1.807) is 0 Å². The van der Waals surface area contributed by atoms with Crippen LogP contribution in [-0.2, 0) is 4.79 Å². The number of para-hydroxylation sites is 1. The van der Waals surface area contributed by atoms with Gasteiger partial charge in [-0.05, 0) is 25.0 Å². The summed E-state index contributed by atoms with van der Waals surface area (Å²) in [4.78, 5) is 14.4. The van der Waals surface area contributed by atoms with Crippen molar-refractivity contribution in [2.24, 2.45) is 5.10 Å². The summed E-state index contributed by atoms with van der Waals surface area (Å²) in [6.07, 6.45) is 6.90. The molecule has 106 valence electrons. The molecule has 1 N–H and O–H groups in total. The Labute approximate surface area is 119 Å². The molecule has 0 bridgehead atoms. The van der Waals surface area contributed by atoms with E-state index in [0.717, 1.165) is 31.5 Å². The molecule has 3 rings (SSSR count). The van der Waals surface area contributed by atoms with Crippen LogP contribution in [-0.4, -0.2) is 29.1 Å². The number of benzene rings is 1. The lowest BCUT2D eigenvalue weighted by atomic mass is 9.94. The standard InChI is InChI=1S/C16H21N3O/c20-16-15(18-17-13-7-3-1-4-8-13)11-12-19(16)14-9-5-2-6-10-14/h1,3-4,7-8,14,17H,2,5-6,9-12H2. The van der Waals surface area contributed by atoms with Crippen molar-refractivity contribution in [1.29, 1.82) is 0 Å². The molecule has 4 heteroatoms. The number of nitrogens with zero attached hydrogens (tertiary/aromatic N) is 2. The van der Waals surface area contributed by atoms with E-state index in [1.807, 2.05) is 35.2 Å². The van der Waals surface area contributed by atoms with E-state index in [9.17, 15) is 4.79 Å². The van der Waals surface area contributed by atoms with Crippen molar-refractivity contribution < 1.29 is 4.79 Å². The smallest absolute Gasteiger partial charge is 0.270 e. The Morgan fingerprint density at radius 2 is 1.85 bits per heavy atom. The molecule has 1 aliphatic heterocycles. The fourth-order valence-electron chi connectivity index (χ4n) is 3.09. The molecule has 0 spiro atoms. The molecular formula is C16H21N3O. The maximum Gasteiger partial charge on any atom is 0.270 e. The lowest BCUT2D eigenvalue weighted by Gasteiger charge is -2.30. The van der Waals surface area contributed by atoms with Crippen LogP contribution in [0.1, 0.15) is 38.5 Å². The van der Waals surface area contributed by atoms with Crippen LogP contribution in [0.15, 0.2) is 35.4 Å². The highest BCUT2D eigenvalue weighted by molar-refractivity contribution is 6.40. The van der Waals surface area contributed by atoms with Crippen molar-refractivity contribution in [2.45, 2.75) is 44.6 Å². The number of carbonyl (C=O) groups is 1. The van der Waals surface area contributed by atoms with Crippen molar-refractivity contribution in [2.75, 3.05) is 12.0 Å². The van der Waals surface area contributed by atoms with Gasteiger partial charge in [-0.3, -0.25) is 10.2 Å². The van der Waals surface area contributed by atoms with Crippen LogP contribution in [0.4, 0.5) is 5.69 Å². The fourth-order valence-corrected chi connectivity index (χ4v) is 3.09. The van der Waals surface area contributed by atoms with E-state index >= 15 is 0 Å². The Balaban J connectivity index is 1.63. The summed E-state index contributed by atoms with van der Waals surface area (Å²) in [5.74, 6) is 0.125. The highest BCUT2D eigenvalue weighted by atomic mass is 16.2. The molecule has 1 aromatic carbocycles. The lowest BCUT2D eigenvalue weighted by Crippen LogP contribution is -2.39. The van der Waals surface area contributed by atoms with Gasteiger partial charge in [0.15, 0.2) is 0 Å². The van der Waals surface area contributed by atoms with Gasteiger partial charge in [-0.1, -0.05) is 37.5 Å². The Bertz CT molecular complexity index is 492. The maximum atomic E-state index is 12.4. The van der Waals surface area contributed by atoms with E-state index in [2.05, 4.69) is 10.5 Å². The number of hydrogen-bond donors (Lipinski definition) is 1. The third kappa shape index (κ3) is 2.84. The van der Waals surface area contributed by atoms with Crippen molar-refractivity contribution in [3.8, 4) is 0 Å². The van der Waals surface area contributed by atoms with Gasteiger partial charge < -0.3 is 4.90 Å². The van der Waals surface area contributed by atoms with Crippen LogP contribution in [0.3, 0.4) is 0 Å². The summed E-state index contributed by atoms with van der Waals surface area (Å²) in [5, 5.41) is 4.29. The van der Waals surface area contributed by atoms with Gasteiger partial charge in [-0.15, -0.1) is 0 Å². The minimum atomic E-state index is 0.125. The van der Waals surface area contributed by atoms with E-state index < -0.39 is 0 Å². The molecule has 1 heterocycles. The maximum absolute atomic E-state index is 12.4. The Morgan fingerprint density at radius 1 is 1.10 bits per heavy atom. The average molecular weight is 271 g/mol. The summed E-state index contributed by atoms with van der Waals surface area (Å²) in [5.41, 5.74) is 4.57. The van der Waals surface area contributed by atoms with Gasteiger partial charge in [0.25, 0.3) is 5.91 Å². The third-order valence-electron chi connectivity index (χ3n) is 4.21. The zero-order valence-electron chi connectivity index (χ0n) is 11.7. The van der Waals surface area contributed by atoms with Crippen molar-refractivity contribution >= 4 is 17.3 Å². The molecule has 0 unspecified atom stereocenters. The van der Waals surface area contributed by atoms with E-state index in [0.29, 0.717) is 11.8 Å². The molecule has 1 amide bonds. The molecule has 0 radical (unpaired) electrons. The van der Waals surface area contributed by atoms with E-state index in [1.165, 1.54) is 19.3 Å². The number of carbonyl (C=O) groups excluding carboxylic acids is 1. The average Bonchev–Trinajstić information content (AvgIpc) is 2.88. The molecule has 1 saturated heterocycles. The molecule has 4 nitrogen and oxygen atoms in total. The third-order valence-corrected chi connectivity index (χ3v) is 4.21. The number of amides is 1. The monoisotopic (exact) mass is 271 g/mol. The van der Waals surface area contributed by atoms with Crippen LogP contribution < -0.4 is 5.43 Å². The minimum absolute atomic E-state index is 0.125. The number of hydrazone groups is 1. The molecule has 1 saturated carbocycles. The van der Waals surface area contributed by atoms with E-state index in [-0.39, 0.29) is 5.91 Å². The predicted molar refractivity (Wildman–Crippen MR) is 80.7 cm³/mol. The largest absolute Gasteiger partial charge is 0.334 e. The van der Waals surface area contributed by atoms with Crippen molar-refractivity contribution in [3.63, 3.8) is 0 Å². The molecule has 0 aromatic heterocycles. The van der Waals surface area contributed by atoms with Gasteiger partial charge in [-0.2, -0.15) is 5.10 Å². The number of anilines is 1. The Morgan fingerprint density at radius 3 is 2.60 bits per heavy atom. The van der Waals surface area contributed by atoms with Crippen LogP contribution in [0.2, 0.25) is 0 Å². The van der Waals surface area contributed by atoms with Gasteiger partial charge in [0, 0.05) is 19.0 Å². The fraction of sp³-hybridized carbons (Fsp3) is 0.500. The van der Waals surface area contributed by atoms with Crippen molar-refractivity contribution in [3.05, 3.63) is 30.3 Å². The Hall–Kier alpha value is -1.84. The van der Waals surface area contributed by atoms with Gasteiger partial charge in [-0.25, -0.2) is 0 Å². The van der Waals surface area contributed by atoms with Gasteiger partial charge in [0.05, 0.1) is 5.69 Å². The molecule has 0 atom stereocenters. The summed E-state index contributed by atoms with van der Waals surface area (Å²) in [6, 6.07) is 10.2. The summed E-state index contributed by atoms with van der Waals surface area (Å²) < 4.78 is 0. The van der Waals surface area contributed by atoms with Crippen molar-refractivity contribution in [1.82, 2.24) is 4.90 Å². The number of nitrogens with one attached hydrogen (secondary N) is 1. The molecule has 2 aliphatic rings. The SMILES string of the molecule is O=C1C(=NNc2ccccc2)CCN1C1CCCCC1. The molecule has 20 heavy (non-hydrogen) atoms. The Kier molecular flexibility index (Phi) is 4.00. The summed E-state index contributed by atoms with van der Waals surface area (Å²) in [7, 11) is 0. The van der Waals surface area contributed by atoms with Crippen LogP contribution in [0.25, 0.3) is 0 Å². The van der Waals surface area contributed by atoms with Crippen LogP contribution >= 0.6 is 0 Å². The first-order valence-electron chi connectivity index (χ1n) is 7.53. The van der Waals surface area contributed by atoms with Gasteiger partial charge in [0.1, 0.15) is 5.71 Å². The van der Waals surface area contributed by atoms with E-state index in [4.69, 9.17) is 0 Å². The predicted octanol–water partition coefficient (Wildman–Crippen LogP) is 3.02. The second kappa shape index (κ2) is 6.07. The number of hydrogen-bond acceptors (Lipinski definition) is 3. The first kappa shape index (κ1) is 13.2. The molecular weight excluding hydrogens is 250 g/mol. The first-order chi connectivity index (χ1) is 9.84. The summed E-state index contributed by atoms with van der Waals surface area (Å²) >= 11 is 0. The highest BCUT2D eigenvalue weighted by Gasteiger charge is 2.33. The number of likely N-dealkylation sites (tertiary alicyclic amines) is 1. The second-order valence-electron chi connectivity index (χ2n) is 5.58. The zero-order chi connectivity index (χ0) is 13.8. The minimum Gasteiger partial charge on any atom is -0.334 e. The second-order valence-corrected chi connectivity index (χ2v) is 5.58.